The highest BCUT2D eigenvalue weighted by Crippen LogP contribution is 2.30. The van der Waals surface area contributed by atoms with Crippen molar-refractivity contribution in [1.29, 1.82) is 0 Å². The van der Waals surface area contributed by atoms with Gasteiger partial charge in [-0.15, -0.1) is 15.3 Å². The second-order valence-electron chi connectivity index (χ2n) is 8.16. The number of carbonyl (C=O) groups excluding carboxylic acids is 1. The molecule has 9 heteroatoms. The van der Waals surface area contributed by atoms with Crippen molar-refractivity contribution >= 4 is 11.6 Å². The van der Waals surface area contributed by atoms with E-state index >= 15 is 0 Å². The molecule has 2 aromatic carbocycles. The van der Waals surface area contributed by atoms with E-state index in [9.17, 15) is 18.4 Å². The maximum Gasteiger partial charge on any atom is 0.352 e. The van der Waals surface area contributed by atoms with E-state index in [-0.39, 0.29) is 18.1 Å². The highest BCUT2D eigenvalue weighted by molar-refractivity contribution is 5.83. The fraction of sp³-hybridized carbons (Fsp3) is 0.227. The number of nitrogens with zero attached hydrogens (tertiary/aromatic N) is 5. The monoisotopic (exact) mass is 423 g/mol. The number of halogens is 2. The molecule has 0 fully saturated rings. The molecule has 0 radical (unpaired) electrons. The van der Waals surface area contributed by atoms with Gasteiger partial charge in [-0.1, -0.05) is 20.8 Å². The standard InChI is InChI=1S/C22H19F2N5O2/c1-22(2,3)17(30)12-28-21(31)29-19(14-6-10-16(24)11-7-14)18(25-26-20(29)27-28)13-4-8-15(23)9-5-13/h4-11H,12H2,1-3H3. The molecular formula is C22H19F2N5O2. The fourth-order valence-electron chi connectivity index (χ4n) is 3.06. The predicted molar refractivity (Wildman–Crippen MR) is 110 cm³/mol. The summed E-state index contributed by atoms with van der Waals surface area (Å²) >= 11 is 0. The normalized spacial score (nSPS) is 11.8. The van der Waals surface area contributed by atoms with Crippen LogP contribution in [0, 0.1) is 17.0 Å². The van der Waals surface area contributed by atoms with E-state index in [0.29, 0.717) is 22.5 Å². The van der Waals surface area contributed by atoms with E-state index in [1.807, 2.05) is 0 Å². The van der Waals surface area contributed by atoms with Crippen LogP contribution in [0.4, 0.5) is 8.78 Å². The highest BCUT2D eigenvalue weighted by Gasteiger charge is 2.25. The number of rotatable bonds is 4. The van der Waals surface area contributed by atoms with Crippen LogP contribution >= 0.6 is 0 Å². The molecule has 2 heterocycles. The summed E-state index contributed by atoms with van der Waals surface area (Å²) < 4.78 is 29.2. The van der Waals surface area contributed by atoms with Crippen molar-refractivity contribution in [3.8, 4) is 22.5 Å². The first-order chi connectivity index (χ1) is 14.6. The topological polar surface area (TPSA) is 82.2 Å². The van der Waals surface area contributed by atoms with Gasteiger partial charge in [0.1, 0.15) is 23.9 Å². The average Bonchev–Trinajstić information content (AvgIpc) is 3.03. The van der Waals surface area contributed by atoms with Crippen molar-refractivity contribution < 1.29 is 13.6 Å². The SMILES string of the molecule is CC(C)(C)C(=O)Cn1nc2nnc(-c3ccc(F)cc3)c(-c3ccc(F)cc3)n2c1=O. The summed E-state index contributed by atoms with van der Waals surface area (Å²) in [6, 6.07) is 11.1. The zero-order valence-corrected chi connectivity index (χ0v) is 17.1. The smallest absolute Gasteiger partial charge is 0.297 e. The Bertz CT molecular complexity index is 1330. The Labute approximate surface area is 176 Å². The number of carbonyl (C=O) groups is 1. The molecule has 0 saturated carbocycles. The molecule has 0 N–H and O–H groups in total. The molecule has 4 aromatic rings. The third kappa shape index (κ3) is 3.86. The summed E-state index contributed by atoms with van der Waals surface area (Å²) in [6.07, 6.45) is 0. The molecule has 0 saturated heterocycles. The third-order valence-corrected chi connectivity index (χ3v) is 4.87. The van der Waals surface area contributed by atoms with Gasteiger partial charge in [0, 0.05) is 16.5 Å². The molecule has 0 aliphatic rings. The Morgan fingerprint density at radius 1 is 0.903 bits per heavy atom. The largest absolute Gasteiger partial charge is 0.352 e. The van der Waals surface area contributed by atoms with Crippen molar-refractivity contribution in [2.24, 2.45) is 5.41 Å². The van der Waals surface area contributed by atoms with Crippen molar-refractivity contribution in [3.05, 3.63) is 70.6 Å². The summed E-state index contributed by atoms with van der Waals surface area (Å²) in [6.45, 7) is 5.05. The Morgan fingerprint density at radius 2 is 1.45 bits per heavy atom. The van der Waals surface area contributed by atoms with Gasteiger partial charge >= 0.3 is 5.69 Å². The number of benzene rings is 2. The molecule has 0 bridgehead atoms. The van der Waals surface area contributed by atoms with E-state index in [1.165, 1.54) is 52.9 Å². The first-order valence-electron chi connectivity index (χ1n) is 9.56. The second kappa shape index (κ2) is 7.50. The number of hydrogen-bond donors (Lipinski definition) is 0. The first-order valence-corrected chi connectivity index (χ1v) is 9.56. The van der Waals surface area contributed by atoms with Gasteiger partial charge < -0.3 is 0 Å². The fourth-order valence-corrected chi connectivity index (χ4v) is 3.06. The van der Waals surface area contributed by atoms with Gasteiger partial charge in [-0.2, -0.15) is 0 Å². The summed E-state index contributed by atoms with van der Waals surface area (Å²) in [4.78, 5) is 25.7. The maximum atomic E-state index is 13.5. The third-order valence-electron chi connectivity index (χ3n) is 4.87. The predicted octanol–water partition coefficient (Wildman–Crippen LogP) is 3.51. The number of Topliss-reactive ketones (excluding diaryl/α,β-unsaturated/α-hetero) is 1. The Balaban J connectivity index is 1.98. The first kappa shape index (κ1) is 20.5. The quantitative estimate of drug-likeness (QED) is 0.502. The lowest BCUT2D eigenvalue weighted by Crippen LogP contribution is -2.31. The Kier molecular flexibility index (Phi) is 4.96. The van der Waals surface area contributed by atoms with Crippen LogP contribution in [0.3, 0.4) is 0 Å². The number of aromatic nitrogens is 5. The van der Waals surface area contributed by atoms with E-state index in [1.54, 1.807) is 20.8 Å². The van der Waals surface area contributed by atoms with E-state index in [0.717, 1.165) is 4.68 Å². The number of ketones is 1. The minimum absolute atomic E-state index is 0.00287. The van der Waals surface area contributed by atoms with Crippen molar-refractivity contribution in [1.82, 2.24) is 24.4 Å². The highest BCUT2D eigenvalue weighted by atomic mass is 19.1. The van der Waals surface area contributed by atoms with Gasteiger partial charge in [0.2, 0.25) is 0 Å². The van der Waals surface area contributed by atoms with Crippen LogP contribution in [-0.4, -0.2) is 30.2 Å². The lowest BCUT2D eigenvalue weighted by atomic mass is 9.91. The molecule has 4 rings (SSSR count). The van der Waals surface area contributed by atoms with Crippen LogP contribution in [-0.2, 0) is 11.3 Å². The summed E-state index contributed by atoms with van der Waals surface area (Å²) in [5.74, 6) is -1.04. The van der Waals surface area contributed by atoms with Gasteiger partial charge in [-0.05, 0) is 48.5 Å². The number of hydrogen-bond acceptors (Lipinski definition) is 5. The van der Waals surface area contributed by atoms with Gasteiger partial charge in [0.05, 0.1) is 5.69 Å². The Morgan fingerprint density at radius 3 is 2.00 bits per heavy atom. The summed E-state index contributed by atoms with van der Waals surface area (Å²) in [5, 5.41) is 12.4. The molecule has 158 valence electrons. The van der Waals surface area contributed by atoms with Crippen molar-refractivity contribution in [2.75, 3.05) is 0 Å². The second-order valence-corrected chi connectivity index (χ2v) is 8.16. The molecule has 0 amide bonds. The summed E-state index contributed by atoms with van der Waals surface area (Å²) in [5.41, 5.74) is 0.383. The molecule has 31 heavy (non-hydrogen) atoms. The maximum absolute atomic E-state index is 13.5. The van der Waals surface area contributed by atoms with Crippen LogP contribution in [0.1, 0.15) is 20.8 Å². The van der Waals surface area contributed by atoms with E-state index in [2.05, 4.69) is 15.3 Å². The molecule has 7 nitrogen and oxygen atoms in total. The molecule has 0 atom stereocenters. The van der Waals surface area contributed by atoms with Crippen LogP contribution < -0.4 is 5.69 Å². The van der Waals surface area contributed by atoms with Crippen molar-refractivity contribution in [3.63, 3.8) is 0 Å². The Hall–Kier alpha value is -3.75. The molecule has 0 aliphatic carbocycles. The molecule has 0 unspecified atom stereocenters. The van der Waals surface area contributed by atoms with Gasteiger partial charge in [0.15, 0.2) is 5.78 Å². The zero-order valence-electron chi connectivity index (χ0n) is 17.1. The molecule has 0 aliphatic heterocycles. The van der Waals surface area contributed by atoms with Crippen LogP contribution in [0.15, 0.2) is 53.3 Å². The molecule has 0 spiro atoms. The number of fused-ring (bicyclic) bond motifs is 1. The summed E-state index contributed by atoms with van der Waals surface area (Å²) in [7, 11) is 0. The van der Waals surface area contributed by atoms with E-state index < -0.39 is 22.7 Å². The van der Waals surface area contributed by atoms with Gasteiger partial charge in [0.25, 0.3) is 5.78 Å². The zero-order chi connectivity index (χ0) is 22.3. The van der Waals surface area contributed by atoms with Gasteiger partial charge in [-0.3, -0.25) is 4.79 Å². The van der Waals surface area contributed by atoms with Crippen LogP contribution in [0.25, 0.3) is 28.3 Å². The minimum atomic E-state index is -0.653. The minimum Gasteiger partial charge on any atom is -0.297 e. The molecular weight excluding hydrogens is 404 g/mol. The van der Waals surface area contributed by atoms with Crippen LogP contribution in [0.5, 0.6) is 0 Å². The van der Waals surface area contributed by atoms with Gasteiger partial charge in [-0.25, -0.2) is 22.7 Å². The lowest BCUT2D eigenvalue weighted by Gasteiger charge is -2.15. The van der Waals surface area contributed by atoms with Crippen LogP contribution in [0.2, 0.25) is 0 Å². The average molecular weight is 423 g/mol. The van der Waals surface area contributed by atoms with E-state index in [4.69, 9.17) is 0 Å². The molecule has 2 aromatic heterocycles. The lowest BCUT2D eigenvalue weighted by molar-refractivity contribution is -0.127. The van der Waals surface area contributed by atoms with Crippen molar-refractivity contribution in [2.45, 2.75) is 27.3 Å².